The fraction of sp³-hybridized carbons (Fsp3) is 0.259. The molecule has 0 saturated carbocycles. The third-order valence-corrected chi connectivity index (χ3v) is 6.28. The van der Waals surface area contributed by atoms with Crippen molar-refractivity contribution in [2.45, 2.75) is 26.3 Å². The molecule has 1 amide bonds. The Kier molecular flexibility index (Phi) is 7.99. The summed E-state index contributed by atoms with van der Waals surface area (Å²) in [4.78, 5) is 19.8. The summed E-state index contributed by atoms with van der Waals surface area (Å²) in [6, 6.07) is 23.2. The lowest BCUT2D eigenvalue weighted by molar-refractivity contribution is -0.119. The molecule has 0 spiro atoms. The Morgan fingerprint density at radius 2 is 1.65 bits per heavy atom. The van der Waals surface area contributed by atoms with Gasteiger partial charge in [0, 0.05) is 6.42 Å². The summed E-state index contributed by atoms with van der Waals surface area (Å²) >= 11 is 1.49. The van der Waals surface area contributed by atoms with Crippen LogP contribution >= 0.6 is 11.3 Å². The van der Waals surface area contributed by atoms with Gasteiger partial charge in [-0.2, -0.15) is 0 Å². The minimum absolute atomic E-state index is 0.0187. The molecule has 4 rings (SSSR count). The van der Waals surface area contributed by atoms with Crippen molar-refractivity contribution < 1.29 is 19.0 Å². The number of amides is 1. The van der Waals surface area contributed by atoms with Crippen molar-refractivity contribution in [2.24, 2.45) is 0 Å². The van der Waals surface area contributed by atoms with Crippen molar-refractivity contribution in [3.63, 3.8) is 0 Å². The van der Waals surface area contributed by atoms with E-state index in [1.165, 1.54) is 11.3 Å². The highest BCUT2D eigenvalue weighted by Gasteiger charge is 2.20. The van der Waals surface area contributed by atoms with E-state index in [0.717, 1.165) is 33.0 Å². The first-order chi connectivity index (χ1) is 16.7. The number of anilines is 1. The number of fused-ring (bicyclic) bond motifs is 1. The van der Waals surface area contributed by atoms with E-state index in [0.29, 0.717) is 37.7 Å². The molecule has 6 nitrogen and oxygen atoms in total. The Morgan fingerprint density at radius 3 is 2.35 bits per heavy atom. The average Bonchev–Trinajstić information content (AvgIpc) is 3.29. The predicted octanol–water partition coefficient (Wildman–Crippen LogP) is 6.10. The summed E-state index contributed by atoms with van der Waals surface area (Å²) in [6.45, 7) is 3.50. The van der Waals surface area contributed by atoms with E-state index < -0.39 is 0 Å². The van der Waals surface area contributed by atoms with Crippen molar-refractivity contribution in [3.05, 3.63) is 78.4 Å². The molecule has 1 aromatic heterocycles. The Morgan fingerprint density at radius 1 is 0.941 bits per heavy atom. The second kappa shape index (κ2) is 11.5. The lowest BCUT2D eigenvalue weighted by Gasteiger charge is -2.20. The number of hydrogen-bond donors (Lipinski definition) is 0. The van der Waals surface area contributed by atoms with E-state index in [1.54, 1.807) is 12.0 Å². The molecule has 0 fully saturated rings. The fourth-order valence-corrected chi connectivity index (χ4v) is 4.52. The minimum atomic E-state index is 0.0187. The molecule has 0 N–H and O–H groups in total. The van der Waals surface area contributed by atoms with Crippen LogP contribution in [0.2, 0.25) is 0 Å². The largest absolute Gasteiger partial charge is 0.497 e. The van der Waals surface area contributed by atoms with E-state index in [4.69, 9.17) is 19.2 Å². The maximum absolute atomic E-state index is 13.3. The Labute approximate surface area is 203 Å². The van der Waals surface area contributed by atoms with Crippen molar-refractivity contribution >= 4 is 32.6 Å². The standard InChI is InChI=1S/C27H28N2O4S/c1-3-32-21-11-13-22(14-12-21)33-17-7-10-26(30)29(19-20-8-5-4-6-9-20)27-28-24-16-15-23(31-2)18-25(24)34-27/h4-6,8-9,11-16,18H,3,7,10,17,19H2,1-2H3. The zero-order valence-corrected chi connectivity index (χ0v) is 20.2. The van der Waals surface area contributed by atoms with Gasteiger partial charge in [0.05, 0.1) is 37.1 Å². The highest BCUT2D eigenvalue weighted by atomic mass is 32.1. The maximum atomic E-state index is 13.3. The van der Waals surface area contributed by atoms with Crippen LogP contribution in [0.3, 0.4) is 0 Å². The molecular weight excluding hydrogens is 448 g/mol. The summed E-state index contributed by atoms with van der Waals surface area (Å²) in [7, 11) is 1.64. The number of carbonyl (C=O) groups excluding carboxylic acids is 1. The molecule has 0 radical (unpaired) electrons. The quantitative estimate of drug-likeness (QED) is 0.245. The van der Waals surface area contributed by atoms with Gasteiger partial charge in [-0.15, -0.1) is 0 Å². The predicted molar refractivity (Wildman–Crippen MR) is 136 cm³/mol. The molecule has 7 heteroatoms. The molecule has 1 heterocycles. The molecule has 176 valence electrons. The second-order valence-electron chi connectivity index (χ2n) is 7.65. The first-order valence-electron chi connectivity index (χ1n) is 11.3. The maximum Gasteiger partial charge on any atom is 0.229 e. The normalized spacial score (nSPS) is 10.8. The van der Waals surface area contributed by atoms with Gasteiger partial charge in [0.1, 0.15) is 17.2 Å². The number of thiazole rings is 1. The zero-order chi connectivity index (χ0) is 23.8. The number of rotatable bonds is 11. The van der Waals surface area contributed by atoms with E-state index in [-0.39, 0.29) is 5.91 Å². The van der Waals surface area contributed by atoms with Gasteiger partial charge in [-0.25, -0.2) is 4.98 Å². The molecule has 0 bridgehead atoms. The number of hydrogen-bond acceptors (Lipinski definition) is 6. The van der Waals surface area contributed by atoms with Crippen LogP contribution in [-0.4, -0.2) is 31.2 Å². The number of ether oxygens (including phenoxy) is 3. The molecule has 0 aliphatic heterocycles. The fourth-order valence-electron chi connectivity index (χ4n) is 3.51. The molecule has 0 aliphatic rings. The van der Waals surface area contributed by atoms with E-state index >= 15 is 0 Å². The molecular formula is C27H28N2O4S. The highest BCUT2D eigenvalue weighted by Crippen LogP contribution is 2.32. The zero-order valence-electron chi connectivity index (χ0n) is 19.4. The molecule has 4 aromatic rings. The summed E-state index contributed by atoms with van der Waals surface area (Å²) in [5.41, 5.74) is 1.91. The first kappa shape index (κ1) is 23.6. The topological polar surface area (TPSA) is 60.9 Å². The van der Waals surface area contributed by atoms with Gasteiger partial charge in [0.15, 0.2) is 5.13 Å². The number of benzene rings is 3. The molecule has 0 saturated heterocycles. The lowest BCUT2D eigenvalue weighted by atomic mass is 10.2. The third-order valence-electron chi connectivity index (χ3n) is 5.24. The monoisotopic (exact) mass is 476 g/mol. The smallest absolute Gasteiger partial charge is 0.229 e. The number of carbonyl (C=O) groups is 1. The highest BCUT2D eigenvalue weighted by molar-refractivity contribution is 7.22. The average molecular weight is 477 g/mol. The van der Waals surface area contributed by atoms with Gasteiger partial charge in [0.25, 0.3) is 0 Å². The molecule has 0 unspecified atom stereocenters. The molecule has 3 aromatic carbocycles. The van der Waals surface area contributed by atoms with E-state index in [2.05, 4.69) is 0 Å². The Balaban J connectivity index is 1.42. The number of nitrogens with zero attached hydrogens (tertiary/aromatic N) is 2. The number of methoxy groups -OCH3 is 1. The van der Waals surface area contributed by atoms with Crippen molar-refractivity contribution in [2.75, 3.05) is 25.2 Å². The summed E-state index contributed by atoms with van der Waals surface area (Å²) in [5, 5.41) is 0.685. The van der Waals surface area contributed by atoms with Gasteiger partial charge in [-0.3, -0.25) is 9.69 Å². The third kappa shape index (κ3) is 6.05. The molecule has 34 heavy (non-hydrogen) atoms. The van der Waals surface area contributed by atoms with Crippen molar-refractivity contribution in [1.82, 2.24) is 4.98 Å². The van der Waals surface area contributed by atoms with Crippen LogP contribution in [-0.2, 0) is 11.3 Å². The van der Waals surface area contributed by atoms with Crippen molar-refractivity contribution in [3.8, 4) is 17.2 Å². The first-order valence-corrected chi connectivity index (χ1v) is 12.1. The van der Waals surface area contributed by atoms with Crippen LogP contribution in [0, 0.1) is 0 Å². The Bertz CT molecular complexity index is 1210. The minimum Gasteiger partial charge on any atom is -0.497 e. The number of aromatic nitrogens is 1. The van der Waals surface area contributed by atoms with Crippen LogP contribution in [0.25, 0.3) is 10.2 Å². The van der Waals surface area contributed by atoms with E-state index in [1.807, 2.05) is 79.7 Å². The summed E-state index contributed by atoms with van der Waals surface area (Å²) in [5.74, 6) is 2.37. The van der Waals surface area contributed by atoms with Crippen LogP contribution in [0.4, 0.5) is 5.13 Å². The van der Waals surface area contributed by atoms with Crippen LogP contribution in [0.1, 0.15) is 25.3 Å². The van der Waals surface area contributed by atoms with Gasteiger partial charge in [-0.05, 0) is 61.4 Å². The van der Waals surface area contributed by atoms with Gasteiger partial charge in [-0.1, -0.05) is 41.7 Å². The SMILES string of the molecule is CCOc1ccc(OCCCC(=O)N(Cc2ccccc2)c2nc3ccc(OC)cc3s2)cc1. The molecule has 0 aliphatic carbocycles. The van der Waals surface area contributed by atoms with E-state index in [9.17, 15) is 4.79 Å². The molecule has 0 atom stereocenters. The van der Waals surface area contributed by atoms with Crippen LogP contribution < -0.4 is 19.1 Å². The Hall–Kier alpha value is -3.58. The summed E-state index contributed by atoms with van der Waals surface area (Å²) < 4.78 is 17.6. The van der Waals surface area contributed by atoms with Crippen molar-refractivity contribution in [1.29, 1.82) is 0 Å². The van der Waals surface area contributed by atoms with Gasteiger partial charge in [0.2, 0.25) is 5.91 Å². The summed E-state index contributed by atoms with van der Waals surface area (Å²) in [6.07, 6.45) is 0.971. The second-order valence-corrected chi connectivity index (χ2v) is 8.66. The van der Waals surface area contributed by atoms with Gasteiger partial charge >= 0.3 is 0 Å². The van der Waals surface area contributed by atoms with Crippen LogP contribution in [0.5, 0.6) is 17.2 Å². The lowest BCUT2D eigenvalue weighted by Crippen LogP contribution is -2.30. The van der Waals surface area contributed by atoms with Crippen LogP contribution in [0.15, 0.2) is 72.8 Å². The van der Waals surface area contributed by atoms with Gasteiger partial charge < -0.3 is 14.2 Å².